The fourth-order valence-electron chi connectivity index (χ4n) is 2.69. The van der Waals surface area contributed by atoms with Gasteiger partial charge in [0.1, 0.15) is 0 Å². The highest BCUT2D eigenvalue weighted by molar-refractivity contribution is 5.32. The normalized spacial score (nSPS) is 21.5. The summed E-state index contributed by atoms with van der Waals surface area (Å²) in [4.78, 5) is 12.6. The third kappa shape index (κ3) is 3.30. The Kier molecular flexibility index (Phi) is 4.50. The van der Waals surface area contributed by atoms with Crippen molar-refractivity contribution >= 4 is 5.69 Å². The first-order chi connectivity index (χ1) is 9.11. The maximum absolute atomic E-state index is 10.6. The van der Waals surface area contributed by atoms with Crippen LogP contribution in [0.1, 0.15) is 25.3 Å². The summed E-state index contributed by atoms with van der Waals surface area (Å²) < 4.78 is 5.42. The average molecular weight is 264 g/mol. The van der Waals surface area contributed by atoms with Gasteiger partial charge in [0, 0.05) is 31.8 Å². The first kappa shape index (κ1) is 14.0. The lowest BCUT2D eigenvalue weighted by atomic mass is 10.1. The topological polar surface area (TPSA) is 55.6 Å². The van der Waals surface area contributed by atoms with Gasteiger partial charge in [-0.2, -0.15) is 0 Å². The smallest absolute Gasteiger partial charge is 0.269 e. The Bertz CT molecular complexity index is 433. The van der Waals surface area contributed by atoms with Crippen LogP contribution < -0.4 is 0 Å². The van der Waals surface area contributed by atoms with Crippen molar-refractivity contribution in [2.45, 2.75) is 38.5 Å². The van der Waals surface area contributed by atoms with E-state index < -0.39 is 0 Å². The van der Waals surface area contributed by atoms with Crippen molar-refractivity contribution in [2.24, 2.45) is 0 Å². The Morgan fingerprint density at radius 1 is 1.47 bits per heavy atom. The maximum Gasteiger partial charge on any atom is 0.269 e. The molecule has 1 unspecified atom stereocenters. The molecule has 19 heavy (non-hydrogen) atoms. The third-order valence-electron chi connectivity index (χ3n) is 3.86. The van der Waals surface area contributed by atoms with E-state index >= 15 is 0 Å². The number of nitrogens with zero attached hydrogens (tertiary/aromatic N) is 2. The van der Waals surface area contributed by atoms with Gasteiger partial charge in [-0.25, -0.2) is 0 Å². The van der Waals surface area contributed by atoms with E-state index in [2.05, 4.69) is 11.8 Å². The van der Waals surface area contributed by atoms with Gasteiger partial charge in [0.25, 0.3) is 5.69 Å². The van der Waals surface area contributed by atoms with Crippen molar-refractivity contribution in [2.75, 3.05) is 13.7 Å². The van der Waals surface area contributed by atoms with E-state index in [-0.39, 0.29) is 16.7 Å². The maximum atomic E-state index is 10.6. The highest BCUT2D eigenvalue weighted by atomic mass is 16.6. The molecule has 0 radical (unpaired) electrons. The molecule has 0 amide bonds. The van der Waals surface area contributed by atoms with Gasteiger partial charge in [-0.05, 0) is 31.9 Å². The molecule has 0 aliphatic carbocycles. The second-order valence-corrected chi connectivity index (χ2v) is 5.04. The molecule has 104 valence electrons. The van der Waals surface area contributed by atoms with Crippen molar-refractivity contribution in [3.63, 3.8) is 0 Å². The van der Waals surface area contributed by atoms with Crippen LogP contribution in [-0.4, -0.2) is 35.6 Å². The van der Waals surface area contributed by atoms with E-state index in [1.807, 2.05) is 12.1 Å². The number of rotatable bonds is 5. The number of non-ortho nitro benzene ring substituents is 1. The summed E-state index contributed by atoms with van der Waals surface area (Å²) in [6.07, 6.45) is 2.56. The molecule has 0 bridgehead atoms. The molecule has 5 heteroatoms. The number of ether oxygens (including phenoxy) is 1. The number of likely N-dealkylation sites (tertiary alicyclic amines) is 1. The first-order valence-electron chi connectivity index (χ1n) is 6.62. The minimum Gasteiger partial charge on any atom is -0.380 e. The molecule has 2 rings (SSSR count). The molecule has 1 aromatic carbocycles. The molecule has 1 aromatic rings. The highest BCUT2D eigenvalue weighted by Crippen LogP contribution is 2.24. The van der Waals surface area contributed by atoms with Gasteiger partial charge in [0.15, 0.2) is 0 Å². The van der Waals surface area contributed by atoms with Gasteiger partial charge in [-0.3, -0.25) is 15.0 Å². The predicted molar refractivity (Wildman–Crippen MR) is 73.0 cm³/mol. The summed E-state index contributed by atoms with van der Waals surface area (Å²) in [7, 11) is 1.74. The number of nitro groups is 1. The molecule has 0 saturated carbocycles. The van der Waals surface area contributed by atoms with Crippen LogP contribution in [-0.2, 0) is 11.3 Å². The van der Waals surface area contributed by atoms with E-state index in [1.54, 1.807) is 19.2 Å². The van der Waals surface area contributed by atoms with Gasteiger partial charge < -0.3 is 4.74 Å². The Morgan fingerprint density at radius 2 is 2.16 bits per heavy atom. The van der Waals surface area contributed by atoms with E-state index in [0.717, 1.165) is 25.1 Å². The molecule has 1 aliphatic heterocycles. The fourth-order valence-corrected chi connectivity index (χ4v) is 2.69. The molecule has 1 heterocycles. The Labute approximate surface area is 113 Å². The molecule has 1 fully saturated rings. The van der Waals surface area contributed by atoms with Crippen LogP contribution in [0.2, 0.25) is 0 Å². The van der Waals surface area contributed by atoms with Crippen LogP contribution >= 0.6 is 0 Å². The molecular weight excluding hydrogens is 244 g/mol. The van der Waals surface area contributed by atoms with E-state index in [9.17, 15) is 10.1 Å². The van der Waals surface area contributed by atoms with Gasteiger partial charge in [-0.15, -0.1) is 0 Å². The molecular formula is C14H20N2O3. The zero-order chi connectivity index (χ0) is 13.8. The quantitative estimate of drug-likeness (QED) is 0.606. The van der Waals surface area contributed by atoms with Crippen molar-refractivity contribution in [1.82, 2.24) is 4.90 Å². The van der Waals surface area contributed by atoms with Crippen LogP contribution in [0.25, 0.3) is 0 Å². The summed E-state index contributed by atoms with van der Waals surface area (Å²) in [6, 6.07) is 7.26. The fraction of sp³-hybridized carbons (Fsp3) is 0.571. The lowest BCUT2D eigenvalue weighted by Gasteiger charge is -2.28. The number of nitro benzene ring substituents is 1. The lowest BCUT2D eigenvalue weighted by Crippen LogP contribution is -2.37. The van der Waals surface area contributed by atoms with E-state index in [4.69, 9.17) is 4.74 Å². The molecule has 5 nitrogen and oxygen atoms in total. The third-order valence-corrected chi connectivity index (χ3v) is 3.86. The van der Waals surface area contributed by atoms with Gasteiger partial charge in [0.2, 0.25) is 0 Å². The number of hydrogen-bond donors (Lipinski definition) is 0. The van der Waals surface area contributed by atoms with Crippen molar-refractivity contribution in [3.05, 3.63) is 39.9 Å². The second-order valence-electron chi connectivity index (χ2n) is 5.04. The second kappa shape index (κ2) is 6.12. The molecule has 1 aliphatic rings. The van der Waals surface area contributed by atoms with Crippen LogP contribution in [0.15, 0.2) is 24.3 Å². The summed E-state index contributed by atoms with van der Waals surface area (Å²) in [6.45, 7) is 3.99. The molecule has 0 spiro atoms. The largest absolute Gasteiger partial charge is 0.380 e. The summed E-state index contributed by atoms with van der Waals surface area (Å²) in [5.41, 5.74) is 1.26. The van der Waals surface area contributed by atoms with Crippen LogP contribution in [0.5, 0.6) is 0 Å². The van der Waals surface area contributed by atoms with Gasteiger partial charge >= 0.3 is 0 Å². The summed E-state index contributed by atoms with van der Waals surface area (Å²) in [5.74, 6) is 0. The van der Waals surface area contributed by atoms with Crippen molar-refractivity contribution in [1.29, 1.82) is 0 Å². The number of benzene rings is 1. The monoisotopic (exact) mass is 264 g/mol. The minimum atomic E-state index is -0.366. The standard InChI is InChI=1S/C14H20N2O3/c1-11(19-2)14-4-3-9-15(14)10-12-5-7-13(8-6-12)16(17)18/h5-8,11,14H,3-4,9-10H2,1-2H3/t11-,14?/m0/s1. The van der Waals surface area contributed by atoms with Gasteiger partial charge in [-0.1, -0.05) is 12.1 Å². The molecule has 0 aromatic heterocycles. The Morgan fingerprint density at radius 3 is 2.74 bits per heavy atom. The zero-order valence-electron chi connectivity index (χ0n) is 11.4. The molecule has 2 atom stereocenters. The first-order valence-corrected chi connectivity index (χ1v) is 6.62. The van der Waals surface area contributed by atoms with E-state index in [1.165, 1.54) is 6.42 Å². The van der Waals surface area contributed by atoms with E-state index in [0.29, 0.717) is 6.04 Å². The zero-order valence-corrected chi connectivity index (χ0v) is 11.4. The SMILES string of the molecule is CO[C@@H](C)C1CCCN1Cc1ccc([N+](=O)[O-])cc1. The predicted octanol–water partition coefficient (Wildman–Crippen LogP) is 2.59. The highest BCUT2D eigenvalue weighted by Gasteiger charge is 2.29. The molecule has 0 N–H and O–H groups in total. The minimum absolute atomic E-state index is 0.145. The summed E-state index contributed by atoms with van der Waals surface area (Å²) in [5, 5.41) is 10.6. The lowest BCUT2D eigenvalue weighted by molar-refractivity contribution is -0.384. The number of methoxy groups -OCH3 is 1. The Balaban J connectivity index is 2.02. The van der Waals surface area contributed by atoms with Crippen molar-refractivity contribution in [3.8, 4) is 0 Å². The Hall–Kier alpha value is -1.46. The molecule has 1 saturated heterocycles. The van der Waals surface area contributed by atoms with Crippen molar-refractivity contribution < 1.29 is 9.66 Å². The summed E-state index contributed by atoms with van der Waals surface area (Å²) >= 11 is 0. The van der Waals surface area contributed by atoms with Crippen LogP contribution in [0, 0.1) is 10.1 Å². The van der Waals surface area contributed by atoms with Crippen LogP contribution in [0.3, 0.4) is 0 Å². The van der Waals surface area contributed by atoms with Crippen LogP contribution in [0.4, 0.5) is 5.69 Å². The average Bonchev–Trinajstić information content (AvgIpc) is 2.86. The number of hydrogen-bond acceptors (Lipinski definition) is 4. The van der Waals surface area contributed by atoms with Gasteiger partial charge in [0.05, 0.1) is 11.0 Å².